The van der Waals surface area contributed by atoms with Crippen LogP contribution in [0.4, 0.5) is 0 Å². The number of thioether (sulfide) groups is 1. The summed E-state index contributed by atoms with van der Waals surface area (Å²) in [5, 5.41) is 0.568. The predicted octanol–water partition coefficient (Wildman–Crippen LogP) is 0.862. The number of nitrogens with zero attached hydrogens (tertiary/aromatic N) is 2. The molecule has 1 aromatic heterocycles. The summed E-state index contributed by atoms with van der Waals surface area (Å²) < 4.78 is 11.0. The summed E-state index contributed by atoms with van der Waals surface area (Å²) in [5.74, 6) is -0.595. The monoisotopic (exact) mass is 258 g/mol. The molecule has 0 unspecified atom stereocenters. The summed E-state index contributed by atoms with van der Waals surface area (Å²) in [7, 11) is 2.99. The summed E-state index contributed by atoms with van der Waals surface area (Å²) >= 11 is 1.21. The largest absolute Gasteiger partial charge is 0.465 e. The van der Waals surface area contributed by atoms with Gasteiger partial charge >= 0.3 is 11.9 Å². The highest BCUT2D eigenvalue weighted by Crippen LogP contribution is 2.17. The van der Waals surface area contributed by atoms with Crippen molar-refractivity contribution in [1.82, 2.24) is 9.55 Å². The third-order valence-corrected chi connectivity index (χ3v) is 2.98. The Hall–Kier alpha value is -1.50. The molecule has 0 aromatic carbocycles. The van der Waals surface area contributed by atoms with E-state index in [1.807, 2.05) is 0 Å². The number of methoxy groups -OCH3 is 1. The van der Waals surface area contributed by atoms with Gasteiger partial charge in [-0.3, -0.25) is 4.79 Å². The molecule has 1 heterocycles. The van der Waals surface area contributed by atoms with Crippen molar-refractivity contribution in [3.05, 3.63) is 11.9 Å². The second-order valence-corrected chi connectivity index (χ2v) is 4.01. The van der Waals surface area contributed by atoms with Gasteiger partial charge in [0.2, 0.25) is 0 Å². The number of esters is 2. The first-order chi connectivity index (χ1) is 8.10. The van der Waals surface area contributed by atoms with Crippen molar-refractivity contribution in [2.45, 2.75) is 12.1 Å². The van der Waals surface area contributed by atoms with Gasteiger partial charge in [0.15, 0.2) is 5.16 Å². The molecule has 6 nitrogen and oxygen atoms in total. The summed E-state index contributed by atoms with van der Waals surface area (Å²) in [6, 6.07) is 0. The van der Waals surface area contributed by atoms with Crippen molar-refractivity contribution >= 4 is 23.7 Å². The number of imidazole rings is 1. The highest BCUT2D eigenvalue weighted by Gasteiger charge is 2.15. The van der Waals surface area contributed by atoms with Crippen molar-refractivity contribution in [3.63, 3.8) is 0 Å². The van der Waals surface area contributed by atoms with Crippen LogP contribution in [-0.2, 0) is 21.3 Å². The summed E-state index contributed by atoms with van der Waals surface area (Å²) in [4.78, 5) is 26.5. The number of hydrogen-bond acceptors (Lipinski definition) is 6. The van der Waals surface area contributed by atoms with Crippen LogP contribution in [0.25, 0.3) is 0 Å². The topological polar surface area (TPSA) is 70.4 Å². The standard InChI is InChI=1S/C10H14N2O4S/c1-4-16-8(13)6-17-10-11-5-7(12(10)2)9(14)15-3/h5H,4,6H2,1-3H3. The first-order valence-electron chi connectivity index (χ1n) is 4.98. The molecular weight excluding hydrogens is 244 g/mol. The first-order valence-corrected chi connectivity index (χ1v) is 5.97. The Balaban J connectivity index is 2.64. The second-order valence-electron chi connectivity index (χ2n) is 3.07. The maximum absolute atomic E-state index is 11.3. The minimum absolute atomic E-state index is 0.166. The predicted molar refractivity (Wildman–Crippen MR) is 61.9 cm³/mol. The lowest BCUT2D eigenvalue weighted by Gasteiger charge is -2.04. The fourth-order valence-electron chi connectivity index (χ4n) is 1.15. The molecule has 0 bridgehead atoms. The van der Waals surface area contributed by atoms with Gasteiger partial charge in [-0.2, -0.15) is 0 Å². The molecule has 94 valence electrons. The molecule has 0 N–H and O–H groups in total. The zero-order valence-electron chi connectivity index (χ0n) is 9.93. The lowest BCUT2D eigenvalue weighted by Crippen LogP contribution is -2.10. The highest BCUT2D eigenvalue weighted by molar-refractivity contribution is 7.99. The fourth-order valence-corrected chi connectivity index (χ4v) is 1.90. The van der Waals surface area contributed by atoms with Gasteiger partial charge in [-0.15, -0.1) is 0 Å². The zero-order valence-corrected chi connectivity index (χ0v) is 10.7. The minimum Gasteiger partial charge on any atom is -0.465 e. The van der Waals surface area contributed by atoms with E-state index in [1.165, 1.54) is 25.1 Å². The molecule has 0 amide bonds. The molecule has 1 aromatic rings. The Labute approximate surface area is 103 Å². The van der Waals surface area contributed by atoms with E-state index in [4.69, 9.17) is 4.74 Å². The van der Waals surface area contributed by atoms with E-state index in [9.17, 15) is 9.59 Å². The molecule has 7 heteroatoms. The van der Waals surface area contributed by atoms with Crippen LogP contribution in [-0.4, -0.2) is 41.0 Å². The molecule has 0 fully saturated rings. The number of carbonyl (C=O) groups is 2. The molecular formula is C10H14N2O4S. The number of rotatable bonds is 5. The number of hydrogen-bond donors (Lipinski definition) is 0. The van der Waals surface area contributed by atoms with Gasteiger partial charge in [-0.25, -0.2) is 9.78 Å². The van der Waals surface area contributed by atoms with E-state index in [0.29, 0.717) is 17.5 Å². The normalized spacial score (nSPS) is 10.1. The van der Waals surface area contributed by atoms with Crippen LogP contribution in [0.2, 0.25) is 0 Å². The van der Waals surface area contributed by atoms with Crippen LogP contribution >= 0.6 is 11.8 Å². The molecule has 1 rings (SSSR count). The number of aromatic nitrogens is 2. The average molecular weight is 258 g/mol. The Morgan fingerprint density at radius 1 is 1.53 bits per heavy atom. The van der Waals surface area contributed by atoms with Crippen molar-refractivity contribution < 1.29 is 19.1 Å². The Kier molecular flexibility index (Phi) is 5.02. The molecule has 17 heavy (non-hydrogen) atoms. The third kappa shape index (κ3) is 3.48. The molecule has 0 atom stereocenters. The van der Waals surface area contributed by atoms with Gasteiger partial charge in [0, 0.05) is 7.05 Å². The van der Waals surface area contributed by atoms with E-state index >= 15 is 0 Å². The van der Waals surface area contributed by atoms with Gasteiger partial charge in [-0.05, 0) is 6.92 Å². The van der Waals surface area contributed by atoms with Gasteiger partial charge in [0.05, 0.1) is 25.7 Å². The maximum atomic E-state index is 11.3. The minimum atomic E-state index is -0.456. The van der Waals surface area contributed by atoms with Crippen LogP contribution in [0.3, 0.4) is 0 Å². The van der Waals surface area contributed by atoms with Gasteiger partial charge in [0.1, 0.15) is 5.69 Å². The fraction of sp³-hybridized carbons (Fsp3) is 0.500. The average Bonchev–Trinajstić information content (AvgIpc) is 2.67. The summed E-state index contributed by atoms with van der Waals surface area (Å²) in [5.41, 5.74) is 0.346. The Morgan fingerprint density at radius 3 is 2.82 bits per heavy atom. The molecule has 0 radical (unpaired) electrons. The quantitative estimate of drug-likeness (QED) is 0.576. The molecule has 0 aliphatic rings. The van der Waals surface area contributed by atoms with Crippen LogP contribution in [0.5, 0.6) is 0 Å². The lowest BCUT2D eigenvalue weighted by molar-refractivity contribution is -0.139. The molecule has 0 aliphatic carbocycles. The van der Waals surface area contributed by atoms with E-state index in [-0.39, 0.29) is 11.7 Å². The van der Waals surface area contributed by atoms with E-state index in [0.717, 1.165) is 0 Å². The van der Waals surface area contributed by atoms with Crippen LogP contribution in [0.15, 0.2) is 11.4 Å². The molecule has 0 saturated heterocycles. The number of carbonyl (C=O) groups excluding carboxylic acids is 2. The highest BCUT2D eigenvalue weighted by atomic mass is 32.2. The summed E-state index contributed by atoms with van der Waals surface area (Å²) in [6.07, 6.45) is 1.42. The molecule has 0 saturated carbocycles. The van der Waals surface area contributed by atoms with E-state index in [1.54, 1.807) is 18.5 Å². The van der Waals surface area contributed by atoms with Gasteiger partial charge < -0.3 is 14.0 Å². The first kappa shape index (κ1) is 13.6. The van der Waals surface area contributed by atoms with Crippen molar-refractivity contribution in [2.24, 2.45) is 7.05 Å². The maximum Gasteiger partial charge on any atom is 0.356 e. The van der Waals surface area contributed by atoms with Crippen LogP contribution in [0, 0.1) is 0 Å². The smallest absolute Gasteiger partial charge is 0.356 e. The van der Waals surface area contributed by atoms with Gasteiger partial charge in [-0.1, -0.05) is 11.8 Å². The zero-order chi connectivity index (χ0) is 12.8. The van der Waals surface area contributed by atoms with Crippen molar-refractivity contribution in [3.8, 4) is 0 Å². The van der Waals surface area contributed by atoms with Crippen LogP contribution in [0.1, 0.15) is 17.4 Å². The van der Waals surface area contributed by atoms with Gasteiger partial charge in [0.25, 0.3) is 0 Å². The molecule has 0 spiro atoms. The third-order valence-electron chi connectivity index (χ3n) is 1.96. The lowest BCUT2D eigenvalue weighted by atomic mass is 10.5. The SMILES string of the molecule is CCOC(=O)CSc1ncc(C(=O)OC)n1C. The second kappa shape index (κ2) is 6.29. The van der Waals surface area contributed by atoms with Crippen molar-refractivity contribution in [1.29, 1.82) is 0 Å². The Morgan fingerprint density at radius 2 is 2.24 bits per heavy atom. The van der Waals surface area contributed by atoms with Crippen molar-refractivity contribution in [2.75, 3.05) is 19.5 Å². The number of ether oxygens (including phenoxy) is 2. The summed E-state index contributed by atoms with van der Waals surface area (Å²) in [6.45, 7) is 2.10. The Bertz CT molecular complexity index is 416. The molecule has 0 aliphatic heterocycles. The van der Waals surface area contributed by atoms with Crippen LogP contribution < -0.4 is 0 Å². The van der Waals surface area contributed by atoms with E-state index in [2.05, 4.69) is 9.72 Å². The van der Waals surface area contributed by atoms with E-state index < -0.39 is 5.97 Å².